The molecule has 6 heteroatoms. The predicted octanol–water partition coefficient (Wildman–Crippen LogP) is 3.37. The lowest BCUT2D eigenvalue weighted by atomic mass is 9.64. The summed E-state index contributed by atoms with van der Waals surface area (Å²) in [7, 11) is 7.65. The van der Waals surface area contributed by atoms with Crippen LogP contribution in [0.3, 0.4) is 0 Å². The van der Waals surface area contributed by atoms with E-state index in [1.807, 2.05) is 28.1 Å². The molecule has 0 aromatic heterocycles. The van der Waals surface area contributed by atoms with E-state index in [0.29, 0.717) is 24.4 Å². The highest BCUT2D eigenvalue weighted by Crippen LogP contribution is 2.45. The van der Waals surface area contributed by atoms with E-state index in [1.165, 1.54) is 6.42 Å². The van der Waals surface area contributed by atoms with Gasteiger partial charge >= 0.3 is 11.9 Å². The Bertz CT molecular complexity index is 592. The first-order chi connectivity index (χ1) is 14.2. The normalized spacial score (nSPS) is 28.5. The molecular formula is C24H43N2O4+. The lowest BCUT2D eigenvalue weighted by molar-refractivity contribution is -0.518. The average Bonchev–Trinajstić information content (AvgIpc) is 2.71. The fourth-order valence-corrected chi connectivity index (χ4v) is 5.29. The average molecular weight is 424 g/mol. The maximum atomic E-state index is 12.7. The number of esters is 2. The van der Waals surface area contributed by atoms with Crippen LogP contribution < -0.4 is 0 Å². The first-order valence-corrected chi connectivity index (χ1v) is 11.7. The van der Waals surface area contributed by atoms with Gasteiger partial charge in [0.25, 0.3) is 0 Å². The van der Waals surface area contributed by atoms with Crippen LogP contribution in [-0.4, -0.2) is 75.1 Å². The largest absolute Gasteiger partial charge is 0.388 e. The molecule has 0 aromatic carbocycles. The van der Waals surface area contributed by atoms with Crippen molar-refractivity contribution in [1.82, 2.24) is 4.90 Å². The Labute approximate surface area is 183 Å². The zero-order chi connectivity index (χ0) is 22.3. The van der Waals surface area contributed by atoms with Gasteiger partial charge in [-0.05, 0) is 89.8 Å². The molecule has 2 rings (SSSR count). The van der Waals surface area contributed by atoms with E-state index in [-0.39, 0.29) is 11.9 Å². The number of likely N-dealkylation sites (N-methyl/N-ethyl adjacent to an activating group) is 1. The Morgan fingerprint density at radius 1 is 1.07 bits per heavy atom. The van der Waals surface area contributed by atoms with Gasteiger partial charge in [-0.25, -0.2) is 9.37 Å². The molecule has 0 saturated heterocycles. The number of fused-ring (bicyclic) bond motifs is 1. The number of methoxy groups -OCH3 is 1. The molecule has 0 bridgehead atoms. The third-order valence-corrected chi connectivity index (χ3v) is 7.36. The van der Waals surface area contributed by atoms with Crippen molar-refractivity contribution in [1.29, 1.82) is 0 Å². The zero-order valence-corrected chi connectivity index (χ0v) is 19.8. The van der Waals surface area contributed by atoms with Gasteiger partial charge in [-0.15, -0.1) is 0 Å². The van der Waals surface area contributed by atoms with Crippen LogP contribution in [0.2, 0.25) is 0 Å². The highest BCUT2D eigenvalue weighted by atomic mass is 16.6. The fraction of sp³-hybridized carbons (Fsp3) is 0.875. The summed E-state index contributed by atoms with van der Waals surface area (Å²) < 4.78 is 12.5. The third-order valence-electron chi connectivity index (χ3n) is 7.36. The van der Waals surface area contributed by atoms with E-state index in [0.717, 1.165) is 57.4 Å². The molecule has 0 amide bonds. The van der Waals surface area contributed by atoms with Crippen LogP contribution in [0, 0.1) is 23.7 Å². The van der Waals surface area contributed by atoms with Crippen LogP contribution in [0.25, 0.3) is 0 Å². The van der Waals surface area contributed by atoms with Gasteiger partial charge in [0.2, 0.25) is 6.04 Å². The number of carbonyl (C=O) groups is 2. The molecule has 0 radical (unpaired) electrons. The van der Waals surface area contributed by atoms with Crippen molar-refractivity contribution in [2.24, 2.45) is 23.7 Å². The van der Waals surface area contributed by atoms with Crippen LogP contribution in [0.15, 0.2) is 0 Å². The van der Waals surface area contributed by atoms with Crippen molar-refractivity contribution in [3.05, 3.63) is 0 Å². The van der Waals surface area contributed by atoms with E-state index in [4.69, 9.17) is 9.47 Å². The van der Waals surface area contributed by atoms with Gasteiger partial charge < -0.3 is 14.4 Å². The molecule has 6 nitrogen and oxygen atoms in total. The monoisotopic (exact) mass is 423 g/mol. The Balaban J connectivity index is 1.83. The molecule has 6 atom stereocenters. The Morgan fingerprint density at radius 3 is 2.37 bits per heavy atom. The predicted molar refractivity (Wildman–Crippen MR) is 119 cm³/mol. The molecule has 0 spiro atoms. The van der Waals surface area contributed by atoms with E-state index >= 15 is 0 Å². The quantitative estimate of drug-likeness (QED) is 0.177. The lowest BCUT2D eigenvalue weighted by Gasteiger charge is -2.42. The second kappa shape index (κ2) is 11.9. The third kappa shape index (κ3) is 7.16. The van der Waals surface area contributed by atoms with Crippen LogP contribution >= 0.6 is 0 Å². The lowest BCUT2D eigenvalue weighted by Crippen LogP contribution is -2.39. The molecule has 2 fully saturated rings. The van der Waals surface area contributed by atoms with E-state index in [1.54, 1.807) is 11.6 Å². The SMILES string of the molecule is C=[N+](C)C(CCCCN(C)C)C(=O)OC(=O)[C@@H](C)C1CCC2CC(OC)CCC2C1. The molecule has 172 valence electrons. The number of rotatable bonds is 10. The highest BCUT2D eigenvalue weighted by Gasteiger charge is 2.40. The molecule has 0 heterocycles. The summed E-state index contributed by atoms with van der Waals surface area (Å²) >= 11 is 0. The van der Waals surface area contributed by atoms with Crippen LogP contribution in [0.5, 0.6) is 0 Å². The molecule has 2 saturated carbocycles. The number of carbonyl (C=O) groups excluding carboxylic acids is 2. The summed E-state index contributed by atoms with van der Waals surface area (Å²) in [6.45, 7) is 6.79. The summed E-state index contributed by atoms with van der Waals surface area (Å²) in [5.41, 5.74) is 0. The second-order valence-electron chi connectivity index (χ2n) is 9.86. The summed E-state index contributed by atoms with van der Waals surface area (Å²) in [6, 6.07) is -0.469. The molecular weight excluding hydrogens is 380 g/mol. The molecule has 30 heavy (non-hydrogen) atoms. The van der Waals surface area contributed by atoms with Gasteiger partial charge in [0.15, 0.2) is 0 Å². The summed E-state index contributed by atoms with van der Waals surface area (Å²) in [5.74, 6) is 0.645. The van der Waals surface area contributed by atoms with Crippen molar-refractivity contribution in [3.8, 4) is 0 Å². The minimum Gasteiger partial charge on any atom is -0.388 e. The maximum Gasteiger partial charge on any atom is 0.383 e. The number of ether oxygens (including phenoxy) is 2. The van der Waals surface area contributed by atoms with Gasteiger partial charge in [-0.2, -0.15) is 0 Å². The van der Waals surface area contributed by atoms with Crippen molar-refractivity contribution in [3.63, 3.8) is 0 Å². The second-order valence-corrected chi connectivity index (χ2v) is 9.86. The van der Waals surface area contributed by atoms with Gasteiger partial charge in [0, 0.05) is 13.5 Å². The maximum absolute atomic E-state index is 12.7. The van der Waals surface area contributed by atoms with Crippen LogP contribution in [0.1, 0.15) is 64.7 Å². The smallest absolute Gasteiger partial charge is 0.383 e. The number of hydrogen-bond donors (Lipinski definition) is 0. The fourth-order valence-electron chi connectivity index (χ4n) is 5.29. The van der Waals surface area contributed by atoms with E-state index in [9.17, 15) is 9.59 Å². The number of hydrogen-bond acceptors (Lipinski definition) is 5. The first kappa shape index (κ1) is 25.0. The van der Waals surface area contributed by atoms with Crippen LogP contribution in [-0.2, 0) is 19.1 Å². The van der Waals surface area contributed by atoms with Crippen molar-refractivity contribution in [2.75, 3.05) is 34.8 Å². The van der Waals surface area contributed by atoms with Gasteiger partial charge in [0.05, 0.1) is 12.0 Å². The summed E-state index contributed by atoms with van der Waals surface area (Å²) in [5, 5.41) is 0. The Hall–Kier alpha value is -1.27. The summed E-state index contributed by atoms with van der Waals surface area (Å²) in [4.78, 5) is 27.5. The number of nitrogens with zero attached hydrogens (tertiary/aromatic N) is 2. The van der Waals surface area contributed by atoms with Gasteiger partial charge in [-0.3, -0.25) is 4.79 Å². The molecule has 5 unspecified atom stereocenters. The van der Waals surface area contributed by atoms with Gasteiger partial charge in [0.1, 0.15) is 13.8 Å². The van der Waals surface area contributed by atoms with Crippen LogP contribution in [0.4, 0.5) is 0 Å². The standard InChI is InChI=1S/C24H43N2O4/c1-17(18-10-11-20-16-21(29-6)13-12-19(20)15-18)23(27)30-24(28)22(26(4)5)9-7-8-14-25(2)3/h17-22H,4,7-16H2,1-3,5-6H3/q+1/t17-,18?,19?,20?,21?,22?/m0/s1. The molecule has 0 N–H and O–H groups in total. The topological polar surface area (TPSA) is 58.8 Å². The molecule has 0 aliphatic heterocycles. The molecule has 2 aliphatic carbocycles. The molecule has 0 aromatic rings. The minimum absolute atomic E-state index is 0.237. The highest BCUT2D eigenvalue weighted by molar-refractivity contribution is 5.88. The van der Waals surface area contributed by atoms with E-state index < -0.39 is 12.0 Å². The van der Waals surface area contributed by atoms with Crippen molar-refractivity contribution in [2.45, 2.75) is 76.9 Å². The van der Waals surface area contributed by atoms with E-state index in [2.05, 4.69) is 11.6 Å². The minimum atomic E-state index is -0.469. The summed E-state index contributed by atoms with van der Waals surface area (Å²) in [6.07, 6.45) is 9.65. The molecule has 2 aliphatic rings. The Kier molecular flexibility index (Phi) is 9.95. The van der Waals surface area contributed by atoms with Crippen molar-refractivity contribution < 1.29 is 23.6 Å². The first-order valence-electron chi connectivity index (χ1n) is 11.7. The van der Waals surface area contributed by atoms with Crippen molar-refractivity contribution >= 4 is 18.7 Å². The van der Waals surface area contributed by atoms with Gasteiger partial charge in [-0.1, -0.05) is 6.92 Å². The Morgan fingerprint density at radius 2 is 1.73 bits per heavy atom. The number of unbranched alkanes of at least 4 members (excludes halogenated alkanes) is 1. The zero-order valence-electron chi connectivity index (χ0n) is 19.8.